The van der Waals surface area contributed by atoms with Gasteiger partial charge in [0.2, 0.25) is 0 Å². The van der Waals surface area contributed by atoms with Gasteiger partial charge in [-0.2, -0.15) is 0 Å². The Morgan fingerprint density at radius 1 is 1.17 bits per heavy atom. The molecule has 0 bridgehead atoms. The zero-order valence-electron chi connectivity index (χ0n) is 8.76. The van der Waals surface area contributed by atoms with Gasteiger partial charge in [-0.1, -0.05) is 27.7 Å². The van der Waals surface area contributed by atoms with E-state index in [1.807, 2.05) is 20.8 Å². The Hall–Kier alpha value is -0.370. The molecule has 72 valence electrons. The third-order valence-corrected chi connectivity index (χ3v) is 1.65. The summed E-state index contributed by atoms with van der Waals surface area (Å²) in [5.41, 5.74) is 0. The van der Waals surface area contributed by atoms with Crippen LogP contribution in [0.4, 0.5) is 0 Å². The number of carbonyl (C=O) groups excluding carboxylic acids is 1. The van der Waals surface area contributed by atoms with Crippen molar-refractivity contribution >= 4 is 5.78 Å². The first kappa shape index (κ1) is 11.6. The van der Waals surface area contributed by atoms with Gasteiger partial charge in [-0.15, -0.1) is 0 Å². The molecule has 0 fully saturated rings. The highest BCUT2D eigenvalue weighted by atomic mass is 16.5. The fourth-order valence-electron chi connectivity index (χ4n) is 0.888. The molecule has 0 heterocycles. The van der Waals surface area contributed by atoms with Crippen LogP contribution in [0, 0.1) is 11.8 Å². The fourth-order valence-corrected chi connectivity index (χ4v) is 0.888. The highest BCUT2D eigenvalue weighted by molar-refractivity contribution is 5.84. The molecule has 0 aliphatic rings. The molecule has 0 amide bonds. The smallest absolute Gasteiger partial charge is 0.163 e. The number of ketones is 1. The Balaban J connectivity index is 3.72. The molecule has 0 rings (SSSR count). The van der Waals surface area contributed by atoms with E-state index in [9.17, 15) is 4.79 Å². The SMILES string of the molecule is CC(C)CO[C@H](C)C(=O)C(C)C. The summed E-state index contributed by atoms with van der Waals surface area (Å²) < 4.78 is 5.38. The molecule has 0 N–H and O–H groups in total. The lowest BCUT2D eigenvalue weighted by Gasteiger charge is -2.15. The van der Waals surface area contributed by atoms with Crippen LogP contribution in [0.15, 0.2) is 0 Å². The van der Waals surface area contributed by atoms with E-state index in [-0.39, 0.29) is 17.8 Å². The summed E-state index contributed by atoms with van der Waals surface area (Å²) in [6.45, 7) is 10.4. The normalized spacial score (nSPS) is 13.9. The molecule has 2 heteroatoms. The maximum atomic E-state index is 11.3. The maximum Gasteiger partial charge on any atom is 0.163 e. The van der Waals surface area contributed by atoms with Gasteiger partial charge in [0.05, 0.1) is 0 Å². The first-order valence-corrected chi connectivity index (χ1v) is 4.60. The van der Waals surface area contributed by atoms with E-state index < -0.39 is 0 Å². The number of carbonyl (C=O) groups is 1. The minimum absolute atomic E-state index is 0.0761. The number of ether oxygens (including phenoxy) is 1. The molecule has 0 spiro atoms. The Labute approximate surface area is 75.3 Å². The van der Waals surface area contributed by atoms with E-state index in [2.05, 4.69) is 13.8 Å². The Kier molecular flexibility index (Phi) is 5.14. The van der Waals surface area contributed by atoms with Gasteiger partial charge >= 0.3 is 0 Å². The second-order valence-electron chi connectivity index (χ2n) is 3.93. The lowest BCUT2D eigenvalue weighted by Crippen LogP contribution is -2.26. The minimum Gasteiger partial charge on any atom is -0.370 e. The predicted octanol–water partition coefficient (Wildman–Crippen LogP) is 2.27. The second-order valence-corrected chi connectivity index (χ2v) is 3.93. The fraction of sp³-hybridized carbons (Fsp3) is 0.900. The molecule has 2 nitrogen and oxygen atoms in total. The summed E-state index contributed by atoms with van der Waals surface area (Å²) in [4.78, 5) is 11.3. The highest BCUT2D eigenvalue weighted by Gasteiger charge is 2.16. The number of hydrogen-bond donors (Lipinski definition) is 0. The van der Waals surface area contributed by atoms with Gasteiger partial charge in [0.15, 0.2) is 5.78 Å². The van der Waals surface area contributed by atoms with Crippen LogP contribution in [0.3, 0.4) is 0 Å². The number of hydrogen-bond acceptors (Lipinski definition) is 2. The topological polar surface area (TPSA) is 26.3 Å². The Morgan fingerprint density at radius 3 is 2.00 bits per heavy atom. The molecule has 0 aromatic carbocycles. The van der Waals surface area contributed by atoms with E-state index in [0.717, 1.165) is 0 Å². The first-order valence-electron chi connectivity index (χ1n) is 4.60. The van der Waals surface area contributed by atoms with Gasteiger partial charge in [0.1, 0.15) is 6.10 Å². The minimum atomic E-state index is -0.243. The molecule has 0 aliphatic carbocycles. The zero-order valence-corrected chi connectivity index (χ0v) is 8.76. The van der Waals surface area contributed by atoms with Crippen molar-refractivity contribution in [3.63, 3.8) is 0 Å². The summed E-state index contributed by atoms with van der Waals surface area (Å²) in [6, 6.07) is 0. The van der Waals surface area contributed by atoms with Crippen LogP contribution in [0.5, 0.6) is 0 Å². The van der Waals surface area contributed by atoms with Crippen molar-refractivity contribution < 1.29 is 9.53 Å². The van der Waals surface area contributed by atoms with Gasteiger partial charge in [-0.3, -0.25) is 4.79 Å². The third kappa shape index (κ3) is 4.50. The van der Waals surface area contributed by atoms with Gasteiger partial charge in [-0.05, 0) is 12.8 Å². The summed E-state index contributed by atoms with van der Waals surface area (Å²) in [5, 5.41) is 0. The summed E-state index contributed by atoms with van der Waals surface area (Å²) >= 11 is 0. The van der Waals surface area contributed by atoms with Crippen molar-refractivity contribution in [1.29, 1.82) is 0 Å². The van der Waals surface area contributed by atoms with Crippen LogP contribution in [-0.2, 0) is 9.53 Å². The molecule has 12 heavy (non-hydrogen) atoms. The number of rotatable bonds is 5. The van der Waals surface area contributed by atoms with Gasteiger partial charge in [0, 0.05) is 12.5 Å². The van der Waals surface area contributed by atoms with E-state index in [0.29, 0.717) is 12.5 Å². The zero-order chi connectivity index (χ0) is 9.72. The van der Waals surface area contributed by atoms with Crippen molar-refractivity contribution in [2.75, 3.05) is 6.61 Å². The van der Waals surface area contributed by atoms with Crippen molar-refractivity contribution in [1.82, 2.24) is 0 Å². The van der Waals surface area contributed by atoms with Gasteiger partial charge < -0.3 is 4.74 Å². The third-order valence-electron chi connectivity index (χ3n) is 1.65. The molecule has 0 aromatic rings. The van der Waals surface area contributed by atoms with Crippen molar-refractivity contribution in [2.45, 2.75) is 40.7 Å². The Morgan fingerprint density at radius 2 is 1.67 bits per heavy atom. The molecular formula is C10H20O2. The average Bonchev–Trinajstić information content (AvgIpc) is 1.98. The summed E-state index contributed by atoms with van der Waals surface area (Å²) in [6.07, 6.45) is -0.243. The number of Topliss-reactive ketones (excluding diaryl/α,β-unsaturated/α-hetero) is 1. The van der Waals surface area contributed by atoms with Crippen molar-refractivity contribution in [2.24, 2.45) is 11.8 Å². The molecule has 0 unspecified atom stereocenters. The molecule has 0 saturated heterocycles. The molecule has 0 aromatic heterocycles. The monoisotopic (exact) mass is 172 g/mol. The van der Waals surface area contributed by atoms with Gasteiger partial charge in [-0.25, -0.2) is 0 Å². The van der Waals surface area contributed by atoms with E-state index >= 15 is 0 Å². The summed E-state index contributed by atoms with van der Waals surface area (Å²) in [7, 11) is 0. The molecule has 0 aliphatic heterocycles. The predicted molar refractivity (Wildman–Crippen MR) is 50.1 cm³/mol. The van der Waals surface area contributed by atoms with E-state index in [1.54, 1.807) is 0 Å². The second kappa shape index (κ2) is 5.31. The Bertz CT molecular complexity index is 139. The first-order chi connectivity index (χ1) is 5.45. The largest absolute Gasteiger partial charge is 0.370 e. The van der Waals surface area contributed by atoms with Crippen LogP contribution in [0.1, 0.15) is 34.6 Å². The van der Waals surface area contributed by atoms with Crippen LogP contribution in [-0.4, -0.2) is 18.5 Å². The molecule has 0 radical (unpaired) electrons. The lowest BCUT2D eigenvalue weighted by atomic mass is 10.1. The highest BCUT2D eigenvalue weighted by Crippen LogP contribution is 2.04. The van der Waals surface area contributed by atoms with E-state index in [4.69, 9.17) is 4.74 Å². The van der Waals surface area contributed by atoms with E-state index in [1.165, 1.54) is 0 Å². The maximum absolute atomic E-state index is 11.3. The standard InChI is InChI=1S/C10H20O2/c1-7(2)6-12-9(5)10(11)8(3)4/h7-9H,6H2,1-5H3/t9-/m1/s1. The molecule has 1 atom stereocenters. The quantitative estimate of drug-likeness (QED) is 0.636. The van der Waals surface area contributed by atoms with Crippen LogP contribution < -0.4 is 0 Å². The lowest BCUT2D eigenvalue weighted by molar-refractivity contribution is -0.133. The van der Waals surface area contributed by atoms with Crippen LogP contribution in [0.25, 0.3) is 0 Å². The van der Waals surface area contributed by atoms with Gasteiger partial charge in [0.25, 0.3) is 0 Å². The summed E-state index contributed by atoms with van der Waals surface area (Å²) in [5.74, 6) is 0.759. The van der Waals surface area contributed by atoms with Crippen LogP contribution in [0.2, 0.25) is 0 Å². The van der Waals surface area contributed by atoms with Crippen LogP contribution >= 0.6 is 0 Å². The van der Waals surface area contributed by atoms with Crippen molar-refractivity contribution in [3.05, 3.63) is 0 Å². The van der Waals surface area contributed by atoms with Crippen molar-refractivity contribution in [3.8, 4) is 0 Å². The molecular weight excluding hydrogens is 152 g/mol. The molecule has 0 saturated carbocycles. The average molecular weight is 172 g/mol.